The van der Waals surface area contributed by atoms with Crippen LogP contribution in [0.5, 0.6) is 0 Å². The molecule has 0 aliphatic heterocycles. The van der Waals surface area contributed by atoms with Crippen LogP contribution in [0, 0.1) is 20.8 Å². The molecule has 0 aliphatic rings. The van der Waals surface area contributed by atoms with Crippen LogP contribution in [-0.4, -0.2) is 15.9 Å². The van der Waals surface area contributed by atoms with Crippen LogP contribution in [0.15, 0.2) is 54.9 Å². The second kappa shape index (κ2) is 7.78. The van der Waals surface area contributed by atoms with Gasteiger partial charge < -0.3 is 10.6 Å². The molecule has 5 heteroatoms. The van der Waals surface area contributed by atoms with Crippen LogP contribution in [-0.2, 0) is 6.54 Å². The number of anilines is 2. The first kappa shape index (κ1) is 17.6. The van der Waals surface area contributed by atoms with Crippen molar-refractivity contribution in [1.82, 2.24) is 15.3 Å². The number of carbonyl (C=O) groups excluding carboxylic acids is 1. The minimum absolute atomic E-state index is 0.191. The summed E-state index contributed by atoms with van der Waals surface area (Å²) in [4.78, 5) is 20.7. The van der Waals surface area contributed by atoms with E-state index in [1.54, 1.807) is 0 Å². The fourth-order valence-corrected chi connectivity index (χ4v) is 2.57. The molecule has 0 saturated carbocycles. The van der Waals surface area contributed by atoms with Gasteiger partial charge in [0.15, 0.2) is 0 Å². The van der Waals surface area contributed by atoms with E-state index in [0.717, 1.165) is 16.8 Å². The van der Waals surface area contributed by atoms with Crippen molar-refractivity contribution in [2.45, 2.75) is 27.3 Å². The fraction of sp³-hybridized carbons (Fsp3) is 0.190. The van der Waals surface area contributed by atoms with Crippen molar-refractivity contribution in [2.24, 2.45) is 0 Å². The van der Waals surface area contributed by atoms with Gasteiger partial charge in [-0.1, -0.05) is 47.5 Å². The highest BCUT2D eigenvalue weighted by molar-refractivity contribution is 5.93. The number of rotatable bonds is 5. The molecule has 0 radical (unpaired) electrons. The third-order valence-corrected chi connectivity index (χ3v) is 4.12. The van der Waals surface area contributed by atoms with E-state index in [9.17, 15) is 4.79 Å². The van der Waals surface area contributed by atoms with Crippen molar-refractivity contribution in [3.63, 3.8) is 0 Å². The van der Waals surface area contributed by atoms with Crippen molar-refractivity contribution < 1.29 is 4.79 Å². The number of hydrogen-bond donors (Lipinski definition) is 2. The number of hydrogen-bond acceptors (Lipinski definition) is 4. The zero-order valence-corrected chi connectivity index (χ0v) is 15.2. The summed E-state index contributed by atoms with van der Waals surface area (Å²) in [7, 11) is 0. The lowest BCUT2D eigenvalue weighted by Crippen LogP contribution is -2.23. The molecule has 26 heavy (non-hydrogen) atoms. The molecule has 2 N–H and O–H groups in total. The molecule has 1 amide bonds. The van der Waals surface area contributed by atoms with E-state index in [1.807, 2.05) is 50.2 Å². The summed E-state index contributed by atoms with van der Waals surface area (Å²) in [6.07, 6.45) is 3.06. The topological polar surface area (TPSA) is 66.9 Å². The second-order valence-electron chi connectivity index (χ2n) is 6.41. The van der Waals surface area contributed by atoms with Crippen LogP contribution >= 0.6 is 0 Å². The number of carbonyl (C=O) groups is 1. The lowest BCUT2D eigenvalue weighted by Gasteiger charge is -2.09. The summed E-state index contributed by atoms with van der Waals surface area (Å²) in [5, 5.41) is 6.05. The fourth-order valence-electron chi connectivity index (χ4n) is 2.57. The average Bonchev–Trinajstić information content (AvgIpc) is 2.64. The Bertz CT molecular complexity index is 902. The van der Waals surface area contributed by atoms with Crippen molar-refractivity contribution >= 4 is 17.5 Å². The molecule has 0 bridgehead atoms. The van der Waals surface area contributed by atoms with Gasteiger partial charge in [0.05, 0.1) is 5.56 Å². The predicted molar refractivity (Wildman–Crippen MR) is 104 cm³/mol. The van der Waals surface area contributed by atoms with Crippen LogP contribution in [0.3, 0.4) is 0 Å². The summed E-state index contributed by atoms with van der Waals surface area (Å²) in [6.45, 7) is 6.59. The van der Waals surface area contributed by atoms with Gasteiger partial charge in [-0.15, -0.1) is 0 Å². The van der Waals surface area contributed by atoms with Crippen LogP contribution in [0.25, 0.3) is 0 Å². The first-order valence-electron chi connectivity index (χ1n) is 8.51. The second-order valence-corrected chi connectivity index (χ2v) is 6.41. The molecule has 2 aromatic carbocycles. The van der Waals surface area contributed by atoms with E-state index in [1.165, 1.54) is 23.5 Å². The number of aromatic nitrogens is 2. The molecule has 1 heterocycles. The zero-order valence-electron chi connectivity index (χ0n) is 15.2. The molecule has 5 nitrogen and oxygen atoms in total. The third-order valence-electron chi connectivity index (χ3n) is 4.12. The Balaban J connectivity index is 1.61. The number of nitrogens with zero attached hydrogens (tertiary/aromatic N) is 2. The molecule has 0 aliphatic carbocycles. The maximum absolute atomic E-state index is 12.2. The molecule has 0 spiro atoms. The molecule has 0 fully saturated rings. The van der Waals surface area contributed by atoms with E-state index < -0.39 is 0 Å². The van der Waals surface area contributed by atoms with Crippen LogP contribution in [0.4, 0.5) is 11.6 Å². The average molecular weight is 346 g/mol. The Morgan fingerprint density at radius 3 is 2.23 bits per heavy atom. The van der Waals surface area contributed by atoms with E-state index in [4.69, 9.17) is 0 Å². The Hall–Kier alpha value is -3.21. The number of amides is 1. The van der Waals surface area contributed by atoms with Crippen LogP contribution in [0.2, 0.25) is 0 Å². The number of benzene rings is 2. The minimum Gasteiger partial charge on any atom is -0.348 e. The Labute approximate surface area is 153 Å². The van der Waals surface area contributed by atoms with Crippen molar-refractivity contribution in [1.29, 1.82) is 0 Å². The highest BCUT2D eigenvalue weighted by Gasteiger charge is 2.08. The van der Waals surface area contributed by atoms with Gasteiger partial charge in [-0.05, 0) is 38.0 Å². The third kappa shape index (κ3) is 4.45. The molecule has 132 valence electrons. The van der Waals surface area contributed by atoms with Gasteiger partial charge in [0.1, 0.15) is 0 Å². The van der Waals surface area contributed by atoms with Crippen LogP contribution < -0.4 is 10.6 Å². The van der Waals surface area contributed by atoms with Crippen LogP contribution in [0.1, 0.15) is 32.6 Å². The van der Waals surface area contributed by atoms with Gasteiger partial charge in [0.25, 0.3) is 5.91 Å². The summed E-state index contributed by atoms with van der Waals surface area (Å²) in [5.74, 6) is 0.274. The standard InChI is InChI=1S/C21H22N4O/c1-14-4-7-17(8-5-14)11-22-20(26)18-12-23-21(24-13-18)25-19-9-6-15(2)10-16(19)3/h4-10,12-13H,11H2,1-3H3,(H,22,26)(H,23,24,25). The monoisotopic (exact) mass is 346 g/mol. The molecule has 1 aromatic heterocycles. The lowest BCUT2D eigenvalue weighted by molar-refractivity contribution is 0.0950. The summed E-state index contributed by atoms with van der Waals surface area (Å²) >= 11 is 0. The maximum Gasteiger partial charge on any atom is 0.254 e. The van der Waals surface area contributed by atoms with Gasteiger partial charge in [-0.3, -0.25) is 4.79 Å². The molecule has 3 aromatic rings. The van der Waals surface area contributed by atoms with Crippen molar-refractivity contribution in [3.05, 3.63) is 82.7 Å². The van der Waals surface area contributed by atoms with E-state index in [2.05, 4.69) is 33.6 Å². The smallest absolute Gasteiger partial charge is 0.254 e. The first-order valence-corrected chi connectivity index (χ1v) is 8.51. The molecule has 0 saturated heterocycles. The Morgan fingerprint density at radius 1 is 0.923 bits per heavy atom. The highest BCUT2D eigenvalue weighted by Crippen LogP contribution is 2.19. The largest absolute Gasteiger partial charge is 0.348 e. The van der Waals surface area contributed by atoms with Gasteiger partial charge in [-0.25, -0.2) is 9.97 Å². The molecular weight excluding hydrogens is 324 g/mol. The van der Waals surface area contributed by atoms with Gasteiger partial charge in [0.2, 0.25) is 5.95 Å². The summed E-state index contributed by atoms with van der Waals surface area (Å²) in [6, 6.07) is 14.2. The maximum atomic E-state index is 12.2. The number of nitrogens with one attached hydrogen (secondary N) is 2. The Morgan fingerprint density at radius 2 is 1.58 bits per heavy atom. The zero-order chi connectivity index (χ0) is 18.5. The molecule has 3 rings (SSSR count). The van der Waals surface area contributed by atoms with E-state index in [-0.39, 0.29) is 5.91 Å². The number of aryl methyl sites for hydroxylation is 3. The van der Waals surface area contributed by atoms with Gasteiger partial charge in [-0.2, -0.15) is 0 Å². The predicted octanol–water partition coefficient (Wildman–Crippen LogP) is 4.08. The normalized spacial score (nSPS) is 10.4. The summed E-state index contributed by atoms with van der Waals surface area (Å²) in [5.41, 5.74) is 5.96. The lowest BCUT2D eigenvalue weighted by atomic mass is 10.1. The van der Waals surface area contributed by atoms with Crippen molar-refractivity contribution in [3.8, 4) is 0 Å². The highest BCUT2D eigenvalue weighted by atomic mass is 16.1. The first-order chi connectivity index (χ1) is 12.5. The Kier molecular flexibility index (Phi) is 5.27. The quantitative estimate of drug-likeness (QED) is 0.731. The SMILES string of the molecule is Cc1ccc(CNC(=O)c2cnc(Nc3ccc(C)cc3C)nc2)cc1. The molecule has 0 unspecified atom stereocenters. The molecular formula is C21H22N4O. The van der Waals surface area contributed by atoms with Gasteiger partial charge in [0, 0.05) is 24.6 Å². The van der Waals surface area contributed by atoms with E-state index >= 15 is 0 Å². The molecule has 0 atom stereocenters. The van der Waals surface area contributed by atoms with Crippen molar-refractivity contribution in [2.75, 3.05) is 5.32 Å². The minimum atomic E-state index is -0.191. The van der Waals surface area contributed by atoms with Gasteiger partial charge >= 0.3 is 0 Å². The van der Waals surface area contributed by atoms with E-state index in [0.29, 0.717) is 18.1 Å². The summed E-state index contributed by atoms with van der Waals surface area (Å²) < 4.78 is 0.